The highest BCUT2D eigenvalue weighted by Crippen LogP contribution is 2.35. The Labute approximate surface area is 146 Å². The normalized spacial score (nSPS) is 10.8. The van der Waals surface area contributed by atoms with Crippen molar-refractivity contribution in [3.05, 3.63) is 57.2 Å². The second kappa shape index (κ2) is 6.32. The second-order valence-electron chi connectivity index (χ2n) is 4.72. The maximum atomic E-state index is 11.7. The first-order valence-electron chi connectivity index (χ1n) is 6.51. The summed E-state index contributed by atoms with van der Waals surface area (Å²) in [6.07, 6.45) is 0. The molecule has 0 spiro atoms. The minimum atomic E-state index is -0.474. The zero-order chi connectivity index (χ0) is 16.6. The average molecular weight is 371 g/mol. The molecule has 0 radical (unpaired) electrons. The molecule has 1 aromatic heterocycles. The topological polar surface area (TPSA) is 51.3 Å². The summed E-state index contributed by atoms with van der Waals surface area (Å²) in [6, 6.07) is 9.92. The number of aromatic amines is 1. The van der Waals surface area contributed by atoms with Crippen LogP contribution in [-0.2, 0) is 4.74 Å². The smallest absolute Gasteiger partial charge is 0.354 e. The van der Waals surface area contributed by atoms with Crippen molar-refractivity contribution in [3.63, 3.8) is 0 Å². The standard InChI is InChI=1S/C16H10Cl3NO3/c1-22-16(21)14-7-10-13(20-14)4-8(17)5-15(10)23-9-2-3-11(18)12(19)6-9/h2-7,20H,1H3. The Morgan fingerprint density at radius 2 is 1.83 bits per heavy atom. The SMILES string of the molecule is COC(=O)c1cc2c(Oc3ccc(Cl)c(Cl)c3)cc(Cl)cc2[nH]1. The highest BCUT2D eigenvalue weighted by Gasteiger charge is 2.14. The van der Waals surface area contributed by atoms with Crippen LogP contribution in [0.15, 0.2) is 36.4 Å². The molecule has 0 bridgehead atoms. The fraction of sp³-hybridized carbons (Fsp3) is 0.0625. The lowest BCUT2D eigenvalue weighted by Crippen LogP contribution is -2.00. The van der Waals surface area contributed by atoms with E-state index in [2.05, 4.69) is 4.98 Å². The number of fused-ring (bicyclic) bond motifs is 1. The quantitative estimate of drug-likeness (QED) is 0.601. The van der Waals surface area contributed by atoms with Gasteiger partial charge in [-0.2, -0.15) is 0 Å². The van der Waals surface area contributed by atoms with Gasteiger partial charge in [0.2, 0.25) is 0 Å². The number of benzene rings is 2. The highest BCUT2D eigenvalue weighted by molar-refractivity contribution is 6.42. The summed E-state index contributed by atoms with van der Waals surface area (Å²) in [5.74, 6) is 0.513. The van der Waals surface area contributed by atoms with E-state index in [1.165, 1.54) is 7.11 Å². The minimum absolute atomic E-state index is 0.309. The number of H-pyrrole nitrogens is 1. The first kappa shape index (κ1) is 16.0. The van der Waals surface area contributed by atoms with Crippen molar-refractivity contribution in [2.24, 2.45) is 0 Å². The molecule has 0 saturated heterocycles. The Hall–Kier alpha value is -1.88. The van der Waals surface area contributed by atoms with Crippen LogP contribution in [-0.4, -0.2) is 18.1 Å². The average Bonchev–Trinajstić information content (AvgIpc) is 2.94. The van der Waals surface area contributed by atoms with Gasteiger partial charge in [-0.3, -0.25) is 0 Å². The largest absolute Gasteiger partial charge is 0.464 e. The van der Waals surface area contributed by atoms with Crippen LogP contribution in [0.3, 0.4) is 0 Å². The molecule has 2 aromatic carbocycles. The number of aromatic nitrogens is 1. The molecule has 0 saturated carbocycles. The van der Waals surface area contributed by atoms with Crippen LogP contribution in [0.2, 0.25) is 15.1 Å². The van der Waals surface area contributed by atoms with Crippen LogP contribution in [0.1, 0.15) is 10.5 Å². The summed E-state index contributed by atoms with van der Waals surface area (Å²) < 4.78 is 10.5. The number of ether oxygens (including phenoxy) is 2. The van der Waals surface area contributed by atoms with Crippen molar-refractivity contribution < 1.29 is 14.3 Å². The van der Waals surface area contributed by atoms with Gasteiger partial charge in [-0.05, 0) is 24.3 Å². The van der Waals surface area contributed by atoms with Crippen LogP contribution >= 0.6 is 34.8 Å². The van der Waals surface area contributed by atoms with E-state index in [1.807, 2.05) is 0 Å². The summed E-state index contributed by atoms with van der Waals surface area (Å²) in [6.45, 7) is 0. The van der Waals surface area contributed by atoms with E-state index in [-0.39, 0.29) is 0 Å². The van der Waals surface area contributed by atoms with Gasteiger partial charge >= 0.3 is 5.97 Å². The Kier molecular flexibility index (Phi) is 4.39. The molecule has 0 fully saturated rings. The number of carbonyl (C=O) groups is 1. The van der Waals surface area contributed by atoms with Gasteiger partial charge in [0.25, 0.3) is 0 Å². The zero-order valence-corrected chi connectivity index (χ0v) is 14.1. The van der Waals surface area contributed by atoms with E-state index in [0.717, 1.165) is 0 Å². The van der Waals surface area contributed by atoms with Crippen LogP contribution < -0.4 is 4.74 Å². The lowest BCUT2D eigenvalue weighted by Gasteiger charge is -2.08. The first-order valence-corrected chi connectivity index (χ1v) is 7.65. The predicted octanol–water partition coefficient (Wildman–Crippen LogP) is 5.71. The molecule has 0 atom stereocenters. The fourth-order valence-corrected chi connectivity index (χ4v) is 2.64. The van der Waals surface area contributed by atoms with E-state index in [4.69, 9.17) is 44.3 Å². The third-order valence-corrected chi connectivity index (χ3v) is 4.15. The van der Waals surface area contributed by atoms with Crippen LogP contribution in [0, 0.1) is 0 Å². The van der Waals surface area contributed by atoms with Gasteiger partial charge in [0.1, 0.15) is 17.2 Å². The van der Waals surface area contributed by atoms with Crippen molar-refractivity contribution in [2.75, 3.05) is 7.11 Å². The molecule has 3 aromatic rings. The Bertz CT molecular complexity index is 905. The number of nitrogens with one attached hydrogen (secondary N) is 1. The molecule has 1 heterocycles. The van der Waals surface area contributed by atoms with Gasteiger partial charge in [0.15, 0.2) is 0 Å². The molecule has 23 heavy (non-hydrogen) atoms. The van der Waals surface area contributed by atoms with Gasteiger partial charge in [-0.25, -0.2) is 4.79 Å². The van der Waals surface area contributed by atoms with Crippen LogP contribution in [0.4, 0.5) is 0 Å². The molecule has 0 aliphatic heterocycles. The number of hydrogen-bond acceptors (Lipinski definition) is 3. The number of esters is 1. The van der Waals surface area contributed by atoms with Gasteiger partial charge in [0, 0.05) is 22.5 Å². The Balaban J connectivity index is 2.06. The maximum Gasteiger partial charge on any atom is 0.354 e. The molecule has 0 aliphatic rings. The highest BCUT2D eigenvalue weighted by atomic mass is 35.5. The number of hydrogen-bond donors (Lipinski definition) is 1. The molecular weight excluding hydrogens is 361 g/mol. The number of rotatable bonds is 3. The van der Waals surface area contributed by atoms with E-state index < -0.39 is 5.97 Å². The zero-order valence-electron chi connectivity index (χ0n) is 11.8. The van der Waals surface area contributed by atoms with E-state index in [0.29, 0.717) is 43.2 Å². The summed E-state index contributed by atoms with van der Waals surface area (Å²) in [4.78, 5) is 14.6. The monoisotopic (exact) mass is 369 g/mol. The molecule has 0 aliphatic carbocycles. The Morgan fingerprint density at radius 1 is 1.04 bits per heavy atom. The maximum absolute atomic E-state index is 11.7. The summed E-state index contributed by atoms with van der Waals surface area (Å²) in [5.41, 5.74) is 0.969. The third-order valence-electron chi connectivity index (χ3n) is 3.19. The molecular formula is C16H10Cl3NO3. The van der Waals surface area contributed by atoms with E-state index >= 15 is 0 Å². The lowest BCUT2D eigenvalue weighted by atomic mass is 10.2. The molecule has 118 valence electrons. The van der Waals surface area contributed by atoms with Gasteiger partial charge in [0.05, 0.1) is 22.7 Å². The van der Waals surface area contributed by atoms with Crippen molar-refractivity contribution in [1.29, 1.82) is 0 Å². The van der Waals surface area contributed by atoms with Crippen molar-refractivity contribution in [2.45, 2.75) is 0 Å². The van der Waals surface area contributed by atoms with Crippen LogP contribution in [0.25, 0.3) is 10.9 Å². The summed E-state index contributed by atoms with van der Waals surface area (Å²) in [5, 5.41) is 1.98. The minimum Gasteiger partial charge on any atom is -0.464 e. The van der Waals surface area contributed by atoms with E-state index in [9.17, 15) is 4.79 Å². The number of methoxy groups -OCH3 is 1. The van der Waals surface area contributed by atoms with E-state index in [1.54, 1.807) is 36.4 Å². The lowest BCUT2D eigenvalue weighted by molar-refractivity contribution is 0.0595. The molecule has 0 unspecified atom stereocenters. The molecule has 4 nitrogen and oxygen atoms in total. The van der Waals surface area contributed by atoms with Gasteiger partial charge in [-0.15, -0.1) is 0 Å². The second-order valence-corrected chi connectivity index (χ2v) is 5.97. The van der Waals surface area contributed by atoms with Crippen molar-refractivity contribution in [1.82, 2.24) is 4.98 Å². The summed E-state index contributed by atoms with van der Waals surface area (Å²) in [7, 11) is 1.31. The first-order chi connectivity index (χ1) is 11.0. The van der Waals surface area contributed by atoms with Gasteiger partial charge in [-0.1, -0.05) is 34.8 Å². The third kappa shape index (κ3) is 3.24. The Morgan fingerprint density at radius 3 is 2.52 bits per heavy atom. The number of carbonyl (C=O) groups excluding carboxylic acids is 1. The molecule has 3 rings (SSSR count). The molecule has 1 N–H and O–H groups in total. The predicted molar refractivity (Wildman–Crippen MR) is 91.2 cm³/mol. The fourth-order valence-electron chi connectivity index (χ4n) is 2.14. The molecule has 0 amide bonds. The summed E-state index contributed by atoms with van der Waals surface area (Å²) >= 11 is 18.0. The van der Waals surface area contributed by atoms with Crippen molar-refractivity contribution >= 4 is 51.7 Å². The van der Waals surface area contributed by atoms with Crippen LogP contribution in [0.5, 0.6) is 11.5 Å². The molecule has 7 heteroatoms. The van der Waals surface area contributed by atoms with Crippen molar-refractivity contribution in [3.8, 4) is 11.5 Å². The number of halogens is 3. The van der Waals surface area contributed by atoms with Gasteiger partial charge < -0.3 is 14.5 Å².